The average Bonchev–Trinajstić information content (AvgIpc) is 2.41. The van der Waals surface area contributed by atoms with Crippen molar-refractivity contribution in [1.29, 1.82) is 0 Å². The fourth-order valence-electron chi connectivity index (χ4n) is 3.59. The number of hydrogen-bond acceptors (Lipinski definition) is 2. The Balaban J connectivity index is 1.91. The van der Waals surface area contributed by atoms with E-state index in [9.17, 15) is 5.11 Å². The molecule has 1 N–H and O–H groups in total. The molecule has 1 aromatic carbocycles. The van der Waals surface area contributed by atoms with Gasteiger partial charge in [0, 0.05) is 13.1 Å². The van der Waals surface area contributed by atoms with Crippen LogP contribution in [0.1, 0.15) is 45.6 Å². The van der Waals surface area contributed by atoms with Gasteiger partial charge in [-0.2, -0.15) is 0 Å². The fourth-order valence-corrected chi connectivity index (χ4v) is 3.59. The molecule has 1 saturated carbocycles. The van der Waals surface area contributed by atoms with Crippen molar-refractivity contribution in [3.05, 3.63) is 35.9 Å². The van der Waals surface area contributed by atoms with Crippen LogP contribution in [0.25, 0.3) is 0 Å². The summed E-state index contributed by atoms with van der Waals surface area (Å²) in [4.78, 5) is 2.36. The lowest BCUT2D eigenvalue weighted by Gasteiger charge is -2.41. The Morgan fingerprint density at radius 1 is 1.14 bits per heavy atom. The van der Waals surface area contributed by atoms with Crippen molar-refractivity contribution in [2.75, 3.05) is 13.6 Å². The van der Waals surface area contributed by atoms with Gasteiger partial charge in [-0.3, -0.25) is 0 Å². The lowest BCUT2D eigenvalue weighted by molar-refractivity contribution is 0.00559. The molecule has 0 radical (unpaired) electrons. The van der Waals surface area contributed by atoms with Crippen molar-refractivity contribution in [1.82, 2.24) is 4.90 Å². The standard InChI is InChI=1S/C19H31NO/c1-19(2,3)17-10-11-18(21)16(12-17)14-20(4)13-15-8-6-5-7-9-15/h5-9,16-18,21H,10-14H2,1-4H3. The lowest BCUT2D eigenvalue weighted by atomic mass is 9.68. The number of hydrogen-bond donors (Lipinski definition) is 1. The molecular weight excluding hydrogens is 258 g/mol. The second-order valence-electron chi connectivity index (χ2n) is 7.89. The largest absolute Gasteiger partial charge is 0.393 e. The molecule has 0 bridgehead atoms. The van der Waals surface area contributed by atoms with Gasteiger partial charge in [0.2, 0.25) is 0 Å². The van der Waals surface area contributed by atoms with Crippen LogP contribution in [0.15, 0.2) is 30.3 Å². The van der Waals surface area contributed by atoms with E-state index in [1.54, 1.807) is 0 Å². The highest BCUT2D eigenvalue weighted by atomic mass is 16.3. The summed E-state index contributed by atoms with van der Waals surface area (Å²) in [5.41, 5.74) is 1.70. The molecule has 0 saturated heterocycles. The Hall–Kier alpha value is -0.860. The Labute approximate surface area is 130 Å². The Kier molecular flexibility index (Phi) is 5.45. The monoisotopic (exact) mass is 289 g/mol. The highest BCUT2D eigenvalue weighted by Crippen LogP contribution is 2.40. The van der Waals surface area contributed by atoms with Gasteiger partial charge in [0.25, 0.3) is 0 Å². The molecule has 2 heteroatoms. The minimum atomic E-state index is -0.123. The normalized spacial score (nSPS) is 27.0. The third-order valence-corrected chi connectivity index (χ3v) is 5.01. The molecule has 1 aliphatic carbocycles. The first-order valence-corrected chi connectivity index (χ1v) is 8.27. The first-order valence-electron chi connectivity index (χ1n) is 8.27. The van der Waals surface area contributed by atoms with Crippen molar-refractivity contribution in [3.8, 4) is 0 Å². The van der Waals surface area contributed by atoms with Crippen molar-refractivity contribution >= 4 is 0 Å². The minimum Gasteiger partial charge on any atom is -0.393 e. The van der Waals surface area contributed by atoms with E-state index in [0.717, 1.165) is 31.8 Å². The summed E-state index contributed by atoms with van der Waals surface area (Å²) in [6.45, 7) is 8.95. The van der Waals surface area contributed by atoms with Crippen LogP contribution in [0.5, 0.6) is 0 Å². The molecule has 3 atom stereocenters. The number of aliphatic hydroxyl groups excluding tert-OH is 1. The molecule has 1 aromatic rings. The van der Waals surface area contributed by atoms with Crippen LogP contribution in [0, 0.1) is 17.3 Å². The van der Waals surface area contributed by atoms with E-state index >= 15 is 0 Å². The first kappa shape index (κ1) is 16.5. The molecular formula is C19H31NO. The quantitative estimate of drug-likeness (QED) is 0.907. The molecule has 21 heavy (non-hydrogen) atoms. The van der Waals surface area contributed by atoms with Gasteiger partial charge in [-0.05, 0) is 49.1 Å². The molecule has 1 aliphatic rings. The van der Waals surface area contributed by atoms with Gasteiger partial charge in [0.15, 0.2) is 0 Å². The molecule has 2 nitrogen and oxygen atoms in total. The molecule has 118 valence electrons. The second-order valence-corrected chi connectivity index (χ2v) is 7.89. The van der Waals surface area contributed by atoms with Gasteiger partial charge in [-0.15, -0.1) is 0 Å². The van der Waals surface area contributed by atoms with E-state index in [4.69, 9.17) is 0 Å². The number of benzene rings is 1. The van der Waals surface area contributed by atoms with E-state index in [-0.39, 0.29) is 6.10 Å². The number of aliphatic hydroxyl groups is 1. The van der Waals surface area contributed by atoms with Crippen LogP contribution in [-0.2, 0) is 6.54 Å². The molecule has 0 heterocycles. The molecule has 0 aliphatic heterocycles. The first-order chi connectivity index (χ1) is 9.86. The summed E-state index contributed by atoms with van der Waals surface area (Å²) in [7, 11) is 2.17. The number of nitrogens with zero attached hydrogens (tertiary/aromatic N) is 1. The van der Waals surface area contributed by atoms with Gasteiger partial charge >= 0.3 is 0 Å². The maximum absolute atomic E-state index is 10.3. The van der Waals surface area contributed by atoms with E-state index in [0.29, 0.717) is 11.3 Å². The van der Waals surface area contributed by atoms with Gasteiger partial charge in [0.05, 0.1) is 6.10 Å². The van der Waals surface area contributed by atoms with Crippen LogP contribution < -0.4 is 0 Å². The molecule has 2 rings (SSSR count). The Morgan fingerprint density at radius 3 is 2.43 bits per heavy atom. The zero-order chi connectivity index (χ0) is 15.5. The van der Waals surface area contributed by atoms with E-state index in [2.05, 4.69) is 63.1 Å². The predicted octanol–water partition coefficient (Wildman–Crippen LogP) is 3.94. The molecule has 1 fully saturated rings. The van der Waals surface area contributed by atoms with Crippen molar-refractivity contribution in [2.24, 2.45) is 17.3 Å². The maximum Gasteiger partial charge on any atom is 0.0580 e. The zero-order valence-electron chi connectivity index (χ0n) is 14.0. The summed E-state index contributed by atoms with van der Waals surface area (Å²) in [5.74, 6) is 1.15. The smallest absolute Gasteiger partial charge is 0.0580 e. The average molecular weight is 289 g/mol. The van der Waals surface area contributed by atoms with Gasteiger partial charge in [-0.1, -0.05) is 51.1 Å². The SMILES string of the molecule is CN(Cc1ccccc1)CC1CC(C(C)(C)C)CCC1O. The van der Waals surface area contributed by atoms with Crippen LogP contribution in [0.2, 0.25) is 0 Å². The van der Waals surface area contributed by atoms with Crippen LogP contribution in [-0.4, -0.2) is 29.7 Å². The van der Waals surface area contributed by atoms with Crippen molar-refractivity contribution < 1.29 is 5.11 Å². The molecule has 3 unspecified atom stereocenters. The van der Waals surface area contributed by atoms with Crippen molar-refractivity contribution in [2.45, 2.75) is 52.7 Å². The van der Waals surface area contributed by atoms with E-state index < -0.39 is 0 Å². The zero-order valence-corrected chi connectivity index (χ0v) is 14.0. The maximum atomic E-state index is 10.3. The third-order valence-electron chi connectivity index (χ3n) is 5.01. The third kappa shape index (κ3) is 4.82. The van der Waals surface area contributed by atoms with Crippen LogP contribution in [0.3, 0.4) is 0 Å². The van der Waals surface area contributed by atoms with Gasteiger partial charge < -0.3 is 10.0 Å². The summed E-state index contributed by atoms with van der Waals surface area (Å²) >= 11 is 0. The van der Waals surface area contributed by atoms with E-state index in [1.807, 2.05) is 0 Å². The minimum absolute atomic E-state index is 0.123. The fraction of sp³-hybridized carbons (Fsp3) is 0.684. The highest BCUT2D eigenvalue weighted by molar-refractivity contribution is 5.14. The van der Waals surface area contributed by atoms with E-state index in [1.165, 1.54) is 12.0 Å². The summed E-state index contributed by atoms with van der Waals surface area (Å²) in [6, 6.07) is 10.6. The Morgan fingerprint density at radius 2 is 1.81 bits per heavy atom. The number of rotatable bonds is 4. The predicted molar refractivity (Wildman–Crippen MR) is 89.1 cm³/mol. The topological polar surface area (TPSA) is 23.5 Å². The summed E-state index contributed by atoms with van der Waals surface area (Å²) in [6.07, 6.45) is 3.17. The van der Waals surface area contributed by atoms with Crippen LogP contribution in [0.4, 0.5) is 0 Å². The molecule has 0 amide bonds. The molecule has 0 aromatic heterocycles. The highest BCUT2D eigenvalue weighted by Gasteiger charge is 2.35. The molecule has 0 spiro atoms. The van der Waals surface area contributed by atoms with Crippen molar-refractivity contribution in [3.63, 3.8) is 0 Å². The van der Waals surface area contributed by atoms with Gasteiger partial charge in [-0.25, -0.2) is 0 Å². The summed E-state index contributed by atoms with van der Waals surface area (Å²) in [5, 5.41) is 10.3. The van der Waals surface area contributed by atoms with Gasteiger partial charge in [0.1, 0.15) is 0 Å². The second kappa shape index (κ2) is 6.93. The lowest BCUT2D eigenvalue weighted by Crippen LogP contribution is -2.40. The Bertz CT molecular complexity index is 423. The summed E-state index contributed by atoms with van der Waals surface area (Å²) < 4.78 is 0. The van der Waals surface area contributed by atoms with Crippen LogP contribution >= 0.6 is 0 Å².